The van der Waals surface area contributed by atoms with Crippen molar-refractivity contribution in [3.8, 4) is 11.1 Å². The number of aromatic amines is 1. The topological polar surface area (TPSA) is 80.5 Å². The Morgan fingerprint density at radius 1 is 1.04 bits per heavy atom. The number of benzene rings is 2. The Labute approximate surface area is 147 Å². The number of rotatable bonds is 4. The molecule has 7 heteroatoms. The van der Waals surface area contributed by atoms with Gasteiger partial charge in [-0.1, -0.05) is 12.1 Å². The zero-order chi connectivity index (χ0) is 18.1. The van der Waals surface area contributed by atoms with Crippen LogP contribution in [0.25, 0.3) is 22.2 Å². The number of nitrogens with one attached hydrogen (secondary N) is 1. The monoisotopic (exact) mass is 351 g/mol. The van der Waals surface area contributed by atoms with Crippen LogP contribution in [0.5, 0.6) is 0 Å². The van der Waals surface area contributed by atoms with Crippen LogP contribution in [0.1, 0.15) is 17.3 Å². The fraction of sp³-hybridized carbons (Fsp3) is 0.105. The van der Waals surface area contributed by atoms with Gasteiger partial charge in [0, 0.05) is 23.4 Å². The highest BCUT2D eigenvalue weighted by Gasteiger charge is 2.18. The van der Waals surface area contributed by atoms with Crippen molar-refractivity contribution in [3.63, 3.8) is 0 Å². The molecule has 2 aromatic carbocycles. The summed E-state index contributed by atoms with van der Waals surface area (Å²) in [5.41, 5.74) is 10.7. The fourth-order valence-corrected chi connectivity index (χ4v) is 3.10. The number of halogens is 2. The molecular formula is C19H15F2N5. The van der Waals surface area contributed by atoms with E-state index in [-0.39, 0.29) is 6.42 Å². The summed E-state index contributed by atoms with van der Waals surface area (Å²) in [6.45, 7) is 0. The highest BCUT2D eigenvalue weighted by Crippen LogP contribution is 2.31. The van der Waals surface area contributed by atoms with Crippen LogP contribution in [0.2, 0.25) is 0 Å². The Morgan fingerprint density at radius 3 is 2.65 bits per heavy atom. The van der Waals surface area contributed by atoms with E-state index in [1.54, 1.807) is 12.5 Å². The van der Waals surface area contributed by atoms with Gasteiger partial charge >= 0.3 is 0 Å². The molecule has 130 valence electrons. The smallest absolute Gasteiger partial charge is 0.126 e. The van der Waals surface area contributed by atoms with Crippen molar-refractivity contribution in [2.75, 3.05) is 0 Å². The fourth-order valence-electron chi connectivity index (χ4n) is 3.10. The van der Waals surface area contributed by atoms with Crippen molar-refractivity contribution in [2.24, 2.45) is 5.73 Å². The minimum Gasteiger partial charge on any atom is -0.345 e. The first-order valence-corrected chi connectivity index (χ1v) is 8.05. The van der Waals surface area contributed by atoms with Crippen molar-refractivity contribution in [1.82, 2.24) is 19.9 Å². The zero-order valence-corrected chi connectivity index (χ0v) is 13.7. The lowest BCUT2D eigenvalue weighted by Gasteiger charge is -2.15. The lowest BCUT2D eigenvalue weighted by atomic mass is 9.96. The zero-order valence-electron chi connectivity index (χ0n) is 13.7. The summed E-state index contributed by atoms with van der Waals surface area (Å²) in [7, 11) is 0. The molecule has 0 bridgehead atoms. The number of nitrogens with zero attached hydrogens (tertiary/aromatic N) is 3. The third kappa shape index (κ3) is 3.04. The molecule has 0 aliphatic carbocycles. The predicted octanol–water partition coefficient (Wildman–Crippen LogP) is 3.54. The number of para-hydroxylation sites is 1. The second-order valence-electron chi connectivity index (χ2n) is 6.01. The average molecular weight is 351 g/mol. The van der Waals surface area contributed by atoms with E-state index in [0.717, 1.165) is 28.2 Å². The van der Waals surface area contributed by atoms with E-state index in [4.69, 9.17) is 5.73 Å². The SMILES string of the molecule is N[C@@H](Cc1cc(F)cc(F)c1)c1ncncc1-c1cccc2[nH]cnc12. The third-order valence-electron chi connectivity index (χ3n) is 4.21. The van der Waals surface area contributed by atoms with Crippen molar-refractivity contribution >= 4 is 11.0 Å². The summed E-state index contributed by atoms with van der Waals surface area (Å²) in [4.78, 5) is 15.8. The summed E-state index contributed by atoms with van der Waals surface area (Å²) in [6.07, 6.45) is 4.95. The average Bonchev–Trinajstić information content (AvgIpc) is 3.09. The minimum atomic E-state index is -0.628. The van der Waals surface area contributed by atoms with Crippen LogP contribution in [0.3, 0.4) is 0 Å². The normalized spacial score (nSPS) is 12.4. The Hall–Kier alpha value is -3.19. The van der Waals surface area contributed by atoms with E-state index in [2.05, 4.69) is 19.9 Å². The van der Waals surface area contributed by atoms with Crippen LogP contribution in [0.4, 0.5) is 8.78 Å². The lowest BCUT2D eigenvalue weighted by Crippen LogP contribution is -2.16. The van der Waals surface area contributed by atoms with Crippen molar-refractivity contribution < 1.29 is 8.78 Å². The van der Waals surface area contributed by atoms with Crippen molar-refractivity contribution in [3.05, 3.63) is 78.1 Å². The lowest BCUT2D eigenvalue weighted by molar-refractivity contribution is 0.575. The maximum atomic E-state index is 13.4. The van der Waals surface area contributed by atoms with Gasteiger partial charge in [-0.15, -0.1) is 0 Å². The van der Waals surface area contributed by atoms with Gasteiger partial charge in [-0.2, -0.15) is 0 Å². The van der Waals surface area contributed by atoms with E-state index >= 15 is 0 Å². The third-order valence-corrected chi connectivity index (χ3v) is 4.21. The van der Waals surface area contributed by atoms with Gasteiger partial charge in [0.2, 0.25) is 0 Å². The first-order valence-electron chi connectivity index (χ1n) is 8.05. The number of hydrogen-bond acceptors (Lipinski definition) is 4. The first kappa shape index (κ1) is 16.3. The van der Waals surface area contributed by atoms with Gasteiger partial charge in [-0.05, 0) is 30.2 Å². The number of H-pyrrole nitrogens is 1. The van der Waals surface area contributed by atoms with E-state index in [1.165, 1.54) is 18.5 Å². The molecule has 4 aromatic rings. The van der Waals surface area contributed by atoms with Crippen LogP contribution in [0.15, 0.2) is 55.2 Å². The molecule has 0 unspecified atom stereocenters. The molecule has 4 rings (SSSR count). The summed E-state index contributed by atoms with van der Waals surface area (Å²) in [5, 5.41) is 0. The largest absolute Gasteiger partial charge is 0.345 e. The van der Waals surface area contributed by atoms with Gasteiger partial charge in [0.1, 0.15) is 18.0 Å². The Bertz CT molecular complexity index is 1060. The van der Waals surface area contributed by atoms with E-state index in [0.29, 0.717) is 11.3 Å². The number of hydrogen-bond donors (Lipinski definition) is 2. The van der Waals surface area contributed by atoms with Crippen LogP contribution in [0, 0.1) is 11.6 Å². The minimum absolute atomic E-state index is 0.245. The second-order valence-corrected chi connectivity index (χ2v) is 6.01. The maximum Gasteiger partial charge on any atom is 0.126 e. The molecule has 5 nitrogen and oxygen atoms in total. The van der Waals surface area contributed by atoms with Gasteiger partial charge in [0.25, 0.3) is 0 Å². The molecule has 0 fully saturated rings. The molecule has 0 spiro atoms. The van der Waals surface area contributed by atoms with Crippen molar-refractivity contribution in [1.29, 1.82) is 0 Å². The molecule has 0 saturated carbocycles. The maximum absolute atomic E-state index is 13.4. The molecule has 3 N–H and O–H groups in total. The predicted molar refractivity (Wildman–Crippen MR) is 94.1 cm³/mol. The molecule has 2 aromatic heterocycles. The van der Waals surface area contributed by atoms with E-state index < -0.39 is 17.7 Å². The molecular weight excluding hydrogens is 336 g/mol. The summed E-state index contributed by atoms with van der Waals surface area (Å²) in [5.74, 6) is -1.26. The Morgan fingerprint density at radius 2 is 1.85 bits per heavy atom. The Kier molecular flexibility index (Phi) is 4.14. The molecule has 0 amide bonds. The number of nitrogens with two attached hydrogens (primary N) is 1. The molecule has 0 saturated heterocycles. The Balaban J connectivity index is 1.75. The van der Waals surface area contributed by atoms with Gasteiger partial charge in [0.15, 0.2) is 0 Å². The van der Waals surface area contributed by atoms with E-state index in [9.17, 15) is 8.78 Å². The highest BCUT2D eigenvalue weighted by atomic mass is 19.1. The van der Waals surface area contributed by atoms with Gasteiger partial charge in [-0.25, -0.2) is 23.7 Å². The van der Waals surface area contributed by atoms with Crippen molar-refractivity contribution in [2.45, 2.75) is 12.5 Å². The van der Waals surface area contributed by atoms with Gasteiger partial charge < -0.3 is 10.7 Å². The molecule has 1 atom stereocenters. The standard InChI is InChI=1S/C19H15F2N5/c20-12-4-11(5-13(21)7-12)6-16(22)18-15(8-23-9-25-18)14-2-1-3-17-19(14)26-10-24-17/h1-5,7-10,16H,6,22H2,(H,24,26)/t16-/m0/s1. The summed E-state index contributed by atoms with van der Waals surface area (Å²) in [6, 6.07) is 8.58. The van der Waals surface area contributed by atoms with Gasteiger partial charge in [0.05, 0.1) is 29.1 Å². The number of fused-ring (bicyclic) bond motifs is 1. The highest BCUT2D eigenvalue weighted by molar-refractivity contribution is 5.92. The second kappa shape index (κ2) is 6.61. The summed E-state index contributed by atoms with van der Waals surface area (Å²) < 4.78 is 26.9. The number of imidazole rings is 1. The first-order chi connectivity index (χ1) is 12.6. The summed E-state index contributed by atoms with van der Waals surface area (Å²) >= 11 is 0. The molecule has 2 heterocycles. The number of aromatic nitrogens is 4. The molecule has 0 aliphatic rings. The quantitative estimate of drug-likeness (QED) is 0.589. The van der Waals surface area contributed by atoms with Crippen LogP contribution < -0.4 is 5.73 Å². The molecule has 0 radical (unpaired) electrons. The van der Waals surface area contributed by atoms with Crippen LogP contribution in [-0.2, 0) is 6.42 Å². The van der Waals surface area contributed by atoms with Crippen LogP contribution >= 0.6 is 0 Å². The molecule has 26 heavy (non-hydrogen) atoms. The van der Waals surface area contributed by atoms with E-state index in [1.807, 2.05) is 18.2 Å². The van der Waals surface area contributed by atoms with Crippen LogP contribution in [-0.4, -0.2) is 19.9 Å². The molecule has 0 aliphatic heterocycles. The van der Waals surface area contributed by atoms with Gasteiger partial charge in [-0.3, -0.25) is 0 Å².